The zero-order valence-corrected chi connectivity index (χ0v) is 18.2. The molecule has 0 saturated carbocycles. The van der Waals surface area contributed by atoms with Gasteiger partial charge in [0.05, 0.1) is 0 Å². The fourth-order valence-corrected chi connectivity index (χ4v) is 7.40. The molecule has 2 saturated heterocycles. The number of hydrogen-bond acceptors (Lipinski definition) is 6. The highest BCUT2D eigenvalue weighted by Crippen LogP contribution is 2.42. The summed E-state index contributed by atoms with van der Waals surface area (Å²) in [6.45, 7) is 3.15. The molecular weight excluding hydrogens is 400 g/mol. The molecule has 8 nitrogen and oxygen atoms in total. The molecule has 6 rings (SSSR count). The van der Waals surface area contributed by atoms with Crippen molar-refractivity contribution in [1.82, 2.24) is 24.4 Å². The van der Waals surface area contributed by atoms with Crippen molar-refractivity contribution in [2.75, 3.05) is 38.5 Å². The molecule has 160 valence electrons. The third kappa shape index (κ3) is 2.82. The Morgan fingerprint density at radius 2 is 1.77 bits per heavy atom. The zero-order valence-electron chi connectivity index (χ0n) is 17.4. The molecule has 2 N–H and O–H groups in total. The number of aromatic amines is 1. The van der Waals surface area contributed by atoms with Gasteiger partial charge in [-0.15, -0.1) is 5.10 Å². The van der Waals surface area contributed by atoms with Gasteiger partial charge in [-0.1, -0.05) is 6.07 Å². The van der Waals surface area contributed by atoms with Crippen LogP contribution in [-0.4, -0.2) is 66.0 Å². The first-order valence-corrected chi connectivity index (χ1v) is 12.4. The number of hydrogen-bond donors (Lipinski definition) is 2. The van der Waals surface area contributed by atoms with Gasteiger partial charge in [0.1, 0.15) is 0 Å². The second-order valence-corrected chi connectivity index (χ2v) is 11.4. The summed E-state index contributed by atoms with van der Waals surface area (Å²) in [6.07, 6.45) is 7.77. The molecule has 1 spiro atoms. The highest BCUT2D eigenvalue weighted by Gasteiger charge is 2.51. The van der Waals surface area contributed by atoms with E-state index < -0.39 is 10.0 Å². The topological polar surface area (TPSA) is 94.2 Å². The molecule has 0 bridgehead atoms. The minimum Gasteiger partial charge on any atom is -0.322 e. The molecular formula is C21H28N6O2S. The Hall–Kier alpha value is -1.97. The van der Waals surface area contributed by atoms with Gasteiger partial charge < -0.3 is 10.2 Å². The number of H-pyrrole nitrogens is 1. The first-order chi connectivity index (χ1) is 14.4. The summed E-state index contributed by atoms with van der Waals surface area (Å²) < 4.78 is 27.6. The Morgan fingerprint density at radius 3 is 2.40 bits per heavy atom. The molecule has 1 aromatic heterocycles. The monoisotopic (exact) mass is 428 g/mol. The van der Waals surface area contributed by atoms with Crippen molar-refractivity contribution in [3.63, 3.8) is 0 Å². The van der Waals surface area contributed by atoms with Crippen LogP contribution in [0.4, 0.5) is 11.6 Å². The van der Waals surface area contributed by atoms with Crippen LogP contribution in [0.3, 0.4) is 0 Å². The number of anilines is 2. The van der Waals surface area contributed by atoms with Gasteiger partial charge in [-0.2, -0.15) is 9.29 Å². The lowest BCUT2D eigenvalue weighted by Gasteiger charge is -2.46. The van der Waals surface area contributed by atoms with Crippen molar-refractivity contribution < 1.29 is 8.42 Å². The van der Waals surface area contributed by atoms with Crippen LogP contribution in [0.15, 0.2) is 11.2 Å². The number of aromatic nitrogens is 3. The SMILES string of the molecule is CN1CCC2(C1)CN(S(=O)(=O)c1nc(Nc3c4c(cc5c3CCC5)CCC4)n[nH]1)C2. The number of likely N-dealkylation sites (tertiary alicyclic amines) is 1. The predicted octanol–water partition coefficient (Wildman–Crippen LogP) is 1.85. The maximum atomic E-state index is 13.0. The number of benzene rings is 1. The lowest BCUT2D eigenvalue weighted by molar-refractivity contribution is 0.0807. The van der Waals surface area contributed by atoms with Crippen molar-refractivity contribution in [3.05, 3.63) is 28.3 Å². The molecule has 3 heterocycles. The molecule has 2 aliphatic heterocycles. The van der Waals surface area contributed by atoms with Gasteiger partial charge in [0, 0.05) is 30.7 Å². The third-order valence-electron chi connectivity index (χ3n) is 7.41. The van der Waals surface area contributed by atoms with Crippen LogP contribution in [0, 0.1) is 5.41 Å². The molecule has 0 unspecified atom stereocenters. The minimum atomic E-state index is -3.63. The van der Waals surface area contributed by atoms with E-state index in [-0.39, 0.29) is 10.6 Å². The van der Waals surface area contributed by atoms with E-state index in [9.17, 15) is 8.42 Å². The van der Waals surface area contributed by atoms with E-state index in [0.717, 1.165) is 50.9 Å². The molecule has 1 aromatic carbocycles. The molecule has 30 heavy (non-hydrogen) atoms. The quantitative estimate of drug-likeness (QED) is 0.772. The first kappa shape index (κ1) is 18.8. The number of sulfonamides is 1. The summed E-state index contributed by atoms with van der Waals surface area (Å²) in [5.41, 5.74) is 6.81. The maximum Gasteiger partial charge on any atom is 0.278 e. The van der Waals surface area contributed by atoms with Gasteiger partial charge in [0.25, 0.3) is 15.2 Å². The standard InChI is InChI=1S/C21H28N6O2S/c1-26-9-8-21(11-26)12-27(13-21)30(28,29)20-23-19(24-25-20)22-18-16-6-2-4-14(16)10-15-5-3-7-17(15)18/h10H,2-9,11-13H2,1H3,(H2,22,23,24,25). The second-order valence-electron chi connectivity index (χ2n) is 9.58. The van der Waals surface area contributed by atoms with Gasteiger partial charge >= 0.3 is 0 Å². The fourth-order valence-electron chi connectivity index (χ4n) is 5.91. The van der Waals surface area contributed by atoms with E-state index in [4.69, 9.17) is 0 Å². The van der Waals surface area contributed by atoms with Crippen LogP contribution < -0.4 is 5.32 Å². The molecule has 2 aliphatic carbocycles. The Labute approximate surface area is 177 Å². The third-order valence-corrected chi connectivity index (χ3v) is 9.02. The lowest BCUT2D eigenvalue weighted by Crippen LogP contribution is -2.59. The summed E-state index contributed by atoms with van der Waals surface area (Å²) in [5.74, 6) is 0.346. The van der Waals surface area contributed by atoms with Crippen LogP contribution in [-0.2, 0) is 35.7 Å². The molecule has 0 amide bonds. The predicted molar refractivity (Wildman–Crippen MR) is 113 cm³/mol. The molecule has 9 heteroatoms. The Morgan fingerprint density at radius 1 is 1.07 bits per heavy atom. The summed E-state index contributed by atoms with van der Waals surface area (Å²) in [4.78, 5) is 6.62. The van der Waals surface area contributed by atoms with Gasteiger partial charge in [0.2, 0.25) is 5.95 Å². The Balaban J connectivity index is 1.24. The van der Waals surface area contributed by atoms with Crippen LogP contribution >= 0.6 is 0 Å². The highest BCUT2D eigenvalue weighted by atomic mass is 32.2. The molecule has 0 radical (unpaired) electrons. The first-order valence-electron chi connectivity index (χ1n) is 11.0. The summed E-state index contributed by atoms with van der Waals surface area (Å²) >= 11 is 0. The second kappa shape index (κ2) is 6.51. The lowest BCUT2D eigenvalue weighted by atomic mass is 9.81. The average molecular weight is 429 g/mol. The summed E-state index contributed by atoms with van der Waals surface area (Å²) in [6, 6.07) is 2.38. The highest BCUT2D eigenvalue weighted by molar-refractivity contribution is 7.89. The summed E-state index contributed by atoms with van der Waals surface area (Å²) in [7, 11) is -1.54. The maximum absolute atomic E-state index is 13.0. The van der Waals surface area contributed by atoms with Crippen molar-refractivity contribution in [2.24, 2.45) is 5.41 Å². The molecule has 2 aromatic rings. The minimum absolute atomic E-state index is 0.0598. The smallest absolute Gasteiger partial charge is 0.278 e. The van der Waals surface area contributed by atoms with Crippen LogP contribution in [0.25, 0.3) is 0 Å². The number of aryl methyl sites for hydroxylation is 2. The van der Waals surface area contributed by atoms with Crippen molar-refractivity contribution in [1.29, 1.82) is 0 Å². The number of nitrogens with zero attached hydrogens (tertiary/aromatic N) is 4. The van der Waals surface area contributed by atoms with Crippen molar-refractivity contribution in [3.8, 4) is 0 Å². The Bertz CT molecular complexity index is 1090. The fraction of sp³-hybridized carbons (Fsp3) is 0.619. The van der Waals surface area contributed by atoms with Crippen LogP contribution in [0.5, 0.6) is 0 Å². The van der Waals surface area contributed by atoms with E-state index in [0.29, 0.717) is 19.0 Å². The van der Waals surface area contributed by atoms with Crippen molar-refractivity contribution >= 4 is 21.7 Å². The largest absolute Gasteiger partial charge is 0.322 e. The molecule has 0 atom stereocenters. The number of fused-ring (bicyclic) bond motifs is 2. The Kier molecular flexibility index (Phi) is 4.08. The summed E-state index contributed by atoms with van der Waals surface area (Å²) in [5, 5.41) is 10.2. The zero-order chi connectivity index (χ0) is 20.5. The normalized spacial score (nSPS) is 23.0. The van der Waals surface area contributed by atoms with E-state index >= 15 is 0 Å². The van der Waals surface area contributed by atoms with E-state index in [1.54, 1.807) is 0 Å². The van der Waals surface area contributed by atoms with Crippen molar-refractivity contribution in [2.45, 2.75) is 50.1 Å². The van der Waals surface area contributed by atoms with E-state index in [1.165, 1.54) is 39.4 Å². The van der Waals surface area contributed by atoms with Gasteiger partial charge in [0.15, 0.2) is 0 Å². The molecule has 4 aliphatic rings. The number of nitrogens with one attached hydrogen (secondary N) is 2. The van der Waals surface area contributed by atoms with Gasteiger partial charge in [-0.25, -0.2) is 13.5 Å². The average Bonchev–Trinajstić information content (AvgIpc) is 3.46. The number of rotatable bonds is 4. The van der Waals surface area contributed by atoms with Crippen LogP contribution in [0.2, 0.25) is 0 Å². The van der Waals surface area contributed by atoms with Gasteiger partial charge in [-0.3, -0.25) is 0 Å². The van der Waals surface area contributed by atoms with Crippen LogP contribution in [0.1, 0.15) is 41.5 Å². The van der Waals surface area contributed by atoms with E-state index in [1.807, 2.05) is 0 Å². The van der Waals surface area contributed by atoms with E-state index in [2.05, 4.69) is 38.5 Å². The molecule has 2 fully saturated rings. The van der Waals surface area contributed by atoms with Gasteiger partial charge in [-0.05, 0) is 80.8 Å².